The van der Waals surface area contributed by atoms with Gasteiger partial charge in [0.15, 0.2) is 6.61 Å². The van der Waals surface area contributed by atoms with Crippen molar-refractivity contribution in [1.29, 1.82) is 0 Å². The molecule has 1 fully saturated rings. The van der Waals surface area contributed by atoms with E-state index < -0.39 is 11.7 Å². The zero-order chi connectivity index (χ0) is 20.9. The van der Waals surface area contributed by atoms with Crippen LogP contribution in [-0.4, -0.2) is 53.7 Å². The van der Waals surface area contributed by atoms with E-state index in [1.165, 1.54) is 31.6 Å². The zero-order valence-corrected chi connectivity index (χ0v) is 15.7. The molecule has 2 aromatic rings. The molecule has 1 atom stereocenters. The standard InChI is InChI=1S/C19H20F3N3O4/c1-27-17-18(24-8-7-23-17)29-15-6-3-9-25(11-15)16(26)12-28-14-5-2-4-13(10-14)19(20,21)22/h2,4-5,7-8,10,15H,3,6,9,11-12H2,1H3. The molecule has 10 heteroatoms. The molecule has 0 bridgehead atoms. The van der Waals surface area contributed by atoms with Crippen molar-refractivity contribution in [2.24, 2.45) is 0 Å². The van der Waals surface area contributed by atoms with Crippen LogP contribution < -0.4 is 14.2 Å². The maximum atomic E-state index is 12.8. The van der Waals surface area contributed by atoms with Crippen molar-refractivity contribution in [1.82, 2.24) is 14.9 Å². The predicted molar refractivity (Wildman–Crippen MR) is 95.8 cm³/mol. The third-order valence-electron chi connectivity index (χ3n) is 4.36. The number of methoxy groups -OCH3 is 1. The van der Waals surface area contributed by atoms with Gasteiger partial charge < -0.3 is 19.1 Å². The smallest absolute Gasteiger partial charge is 0.416 e. The summed E-state index contributed by atoms with van der Waals surface area (Å²) in [5.74, 6) is 0.155. The van der Waals surface area contributed by atoms with E-state index in [4.69, 9.17) is 14.2 Å². The molecule has 1 unspecified atom stereocenters. The molecule has 0 radical (unpaired) electrons. The molecule has 1 aromatic heterocycles. The Balaban J connectivity index is 1.56. The molecular formula is C19H20F3N3O4. The second kappa shape index (κ2) is 8.97. The molecule has 156 valence electrons. The number of carbonyl (C=O) groups excluding carboxylic acids is 1. The molecule has 1 aliphatic rings. The Morgan fingerprint density at radius 3 is 2.72 bits per heavy atom. The number of hydrogen-bond acceptors (Lipinski definition) is 6. The van der Waals surface area contributed by atoms with Gasteiger partial charge in [-0.3, -0.25) is 4.79 Å². The quantitative estimate of drug-likeness (QED) is 0.728. The fraction of sp³-hybridized carbons (Fsp3) is 0.421. The van der Waals surface area contributed by atoms with Crippen LogP contribution in [-0.2, 0) is 11.0 Å². The third kappa shape index (κ3) is 5.49. The largest absolute Gasteiger partial charge is 0.484 e. The maximum absolute atomic E-state index is 12.8. The molecule has 0 N–H and O–H groups in total. The molecule has 7 nitrogen and oxygen atoms in total. The second-order valence-electron chi connectivity index (χ2n) is 6.41. The average Bonchev–Trinajstić information content (AvgIpc) is 2.72. The van der Waals surface area contributed by atoms with Gasteiger partial charge in [-0.15, -0.1) is 0 Å². The van der Waals surface area contributed by atoms with Crippen molar-refractivity contribution in [3.8, 4) is 17.5 Å². The van der Waals surface area contributed by atoms with Crippen LogP contribution in [0.15, 0.2) is 36.7 Å². The van der Waals surface area contributed by atoms with Gasteiger partial charge in [-0.25, -0.2) is 9.97 Å². The topological polar surface area (TPSA) is 73.8 Å². The molecule has 29 heavy (non-hydrogen) atoms. The highest BCUT2D eigenvalue weighted by atomic mass is 19.4. The minimum absolute atomic E-state index is 0.0118. The lowest BCUT2D eigenvalue weighted by Gasteiger charge is -2.32. The Hall–Kier alpha value is -3.04. The normalized spacial score (nSPS) is 17.0. The highest BCUT2D eigenvalue weighted by Crippen LogP contribution is 2.31. The van der Waals surface area contributed by atoms with Crippen LogP contribution in [0.2, 0.25) is 0 Å². The van der Waals surface area contributed by atoms with Crippen molar-refractivity contribution in [2.45, 2.75) is 25.1 Å². The van der Waals surface area contributed by atoms with Gasteiger partial charge in [0.1, 0.15) is 11.9 Å². The van der Waals surface area contributed by atoms with Gasteiger partial charge in [-0.1, -0.05) is 6.07 Å². The van der Waals surface area contributed by atoms with Gasteiger partial charge in [-0.05, 0) is 31.0 Å². The van der Waals surface area contributed by atoms with E-state index in [0.717, 1.165) is 18.6 Å². The van der Waals surface area contributed by atoms with Gasteiger partial charge in [0, 0.05) is 18.9 Å². The number of piperidine rings is 1. The van der Waals surface area contributed by atoms with Crippen LogP contribution >= 0.6 is 0 Å². The molecule has 2 heterocycles. The molecule has 0 saturated carbocycles. The van der Waals surface area contributed by atoms with Gasteiger partial charge in [0.2, 0.25) is 0 Å². The lowest BCUT2D eigenvalue weighted by atomic mass is 10.1. The number of ether oxygens (including phenoxy) is 3. The Morgan fingerprint density at radius 2 is 2.00 bits per heavy atom. The number of rotatable bonds is 6. The van der Waals surface area contributed by atoms with Gasteiger partial charge in [-0.2, -0.15) is 13.2 Å². The average molecular weight is 411 g/mol. The Bertz CT molecular complexity index is 847. The van der Waals surface area contributed by atoms with Crippen LogP contribution in [0.25, 0.3) is 0 Å². The van der Waals surface area contributed by atoms with Crippen LogP contribution in [0.4, 0.5) is 13.2 Å². The molecule has 0 spiro atoms. The number of benzene rings is 1. The van der Waals surface area contributed by atoms with Gasteiger partial charge >= 0.3 is 6.18 Å². The van der Waals surface area contributed by atoms with Crippen molar-refractivity contribution >= 4 is 5.91 Å². The first-order valence-corrected chi connectivity index (χ1v) is 8.96. The summed E-state index contributed by atoms with van der Waals surface area (Å²) < 4.78 is 54.5. The van der Waals surface area contributed by atoms with E-state index in [0.29, 0.717) is 19.5 Å². The number of carbonyl (C=O) groups is 1. The Kier molecular flexibility index (Phi) is 6.40. The first-order chi connectivity index (χ1) is 13.9. The first-order valence-electron chi connectivity index (χ1n) is 8.96. The maximum Gasteiger partial charge on any atom is 0.416 e. The number of likely N-dealkylation sites (tertiary alicyclic amines) is 1. The Morgan fingerprint density at radius 1 is 1.24 bits per heavy atom. The summed E-state index contributed by atoms with van der Waals surface area (Å²) >= 11 is 0. The van der Waals surface area contributed by atoms with E-state index in [-0.39, 0.29) is 36.1 Å². The van der Waals surface area contributed by atoms with Crippen molar-refractivity contribution < 1.29 is 32.2 Å². The van der Waals surface area contributed by atoms with Crippen LogP contribution in [0, 0.1) is 0 Å². The lowest BCUT2D eigenvalue weighted by molar-refractivity contribution is -0.137. The number of hydrogen-bond donors (Lipinski definition) is 0. The molecule has 0 aliphatic carbocycles. The minimum atomic E-state index is -4.47. The summed E-state index contributed by atoms with van der Waals surface area (Å²) in [5, 5.41) is 0. The number of halogens is 3. The number of aromatic nitrogens is 2. The van der Waals surface area contributed by atoms with E-state index in [1.54, 1.807) is 4.90 Å². The van der Waals surface area contributed by atoms with Gasteiger partial charge in [0.25, 0.3) is 17.7 Å². The first kappa shape index (κ1) is 20.7. The van der Waals surface area contributed by atoms with E-state index >= 15 is 0 Å². The summed E-state index contributed by atoms with van der Waals surface area (Å²) in [7, 11) is 1.46. The van der Waals surface area contributed by atoms with E-state index in [9.17, 15) is 18.0 Å². The molecule has 1 aliphatic heterocycles. The van der Waals surface area contributed by atoms with Crippen molar-refractivity contribution in [3.63, 3.8) is 0 Å². The molecule has 1 aromatic carbocycles. The zero-order valence-electron chi connectivity index (χ0n) is 15.7. The summed E-state index contributed by atoms with van der Waals surface area (Å²) in [6, 6.07) is 4.43. The second-order valence-corrected chi connectivity index (χ2v) is 6.41. The SMILES string of the molecule is COc1nccnc1OC1CCCN(C(=O)COc2cccc(C(F)(F)F)c2)C1. The van der Waals surface area contributed by atoms with Crippen LogP contribution in [0.5, 0.6) is 17.5 Å². The van der Waals surface area contributed by atoms with Crippen molar-refractivity contribution in [3.05, 3.63) is 42.2 Å². The minimum Gasteiger partial charge on any atom is -0.484 e. The molecule has 1 amide bonds. The summed E-state index contributed by atoms with van der Waals surface area (Å²) in [6.45, 7) is 0.468. The number of nitrogens with zero attached hydrogens (tertiary/aromatic N) is 3. The predicted octanol–water partition coefficient (Wildman–Crippen LogP) is 2.95. The highest BCUT2D eigenvalue weighted by molar-refractivity contribution is 5.78. The summed E-state index contributed by atoms with van der Waals surface area (Å²) in [6.07, 6.45) is -0.380. The number of alkyl halides is 3. The van der Waals surface area contributed by atoms with Crippen LogP contribution in [0.3, 0.4) is 0 Å². The fourth-order valence-electron chi connectivity index (χ4n) is 2.95. The highest BCUT2D eigenvalue weighted by Gasteiger charge is 2.31. The van der Waals surface area contributed by atoms with Gasteiger partial charge in [0.05, 0.1) is 19.2 Å². The molecule has 1 saturated heterocycles. The summed E-state index contributed by atoms with van der Waals surface area (Å²) in [5.41, 5.74) is -0.827. The third-order valence-corrected chi connectivity index (χ3v) is 4.36. The van der Waals surface area contributed by atoms with Crippen molar-refractivity contribution in [2.75, 3.05) is 26.8 Å². The summed E-state index contributed by atoms with van der Waals surface area (Å²) in [4.78, 5) is 22.1. The van der Waals surface area contributed by atoms with E-state index in [2.05, 4.69) is 9.97 Å². The fourth-order valence-corrected chi connectivity index (χ4v) is 2.95. The molecule has 3 rings (SSSR count). The van der Waals surface area contributed by atoms with Crippen LogP contribution in [0.1, 0.15) is 18.4 Å². The molecular weight excluding hydrogens is 391 g/mol. The number of amides is 1. The van der Waals surface area contributed by atoms with E-state index in [1.807, 2.05) is 0 Å². The lowest BCUT2D eigenvalue weighted by Crippen LogP contribution is -2.46. The monoisotopic (exact) mass is 411 g/mol. The Labute approximate surface area is 165 Å².